The van der Waals surface area contributed by atoms with Gasteiger partial charge in [-0.2, -0.15) is 0 Å². The molecule has 2 aromatic heterocycles. The number of aryl methyl sites for hydroxylation is 2. The molecule has 1 amide bonds. The van der Waals surface area contributed by atoms with Gasteiger partial charge in [0, 0.05) is 35.4 Å². The average Bonchev–Trinajstić information content (AvgIpc) is 2.95. The highest BCUT2D eigenvalue weighted by Gasteiger charge is 2.21. The van der Waals surface area contributed by atoms with Crippen LogP contribution in [0.4, 0.5) is 0 Å². The lowest BCUT2D eigenvalue weighted by Gasteiger charge is -2.19. The monoisotopic (exact) mass is 370 g/mol. The number of nitrogens with zero attached hydrogens (tertiary/aromatic N) is 3. The van der Waals surface area contributed by atoms with Crippen molar-refractivity contribution in [2.24, 2.45) is 0 Å². The summed E-state index contributed by atoms with van der Waals surface area (Å²) < 4.78 is 0. The minimum absolute atomic E-state index is 0.0125. The molecule has 1 N–H and O–H groups in total. The van der Waals surface area contributed by atoms with E-state index < -0.39 is 0 Å². The van der Waals surface area contributed by atoms with Gasteiger partial charge < -0.3 is 5.32 Å². The third kappa shape index (κ3) is 4.30. The number of carbonyl (C=O) groups is 1. The number of thiazole rings is 1. The van der Waals surface area contributed by atoms with Crippen molar-refractivity contribution in [2.45, 2.75) is 57.5 Å². The van der Waals surface area contributed by atoms with E-state index in [-0.39, 0.29) is 11.9 Å². The van der Waals surface area contributed by atoms with E-state index in [4.69, 9.17) is 4.98 Å². The van der Waals surface area contributed by atoms with Crippen molar-refractivity contribution in [3.05, 3.63) is 45.7 Å². The van der Waals surface area contributed by atoms with Crippen LogP contribution < -0.4 is 5.32 Å². The van der Waals surface area contributed by atoms with Crippen molar-refractivity contribution in [1.29, 1.82) is 0 Å². The molecule has 0 bridgehead atoms. The van der Waals surface area contributed by atoms with Crippen LogP contribution in [-0.2, 0) is 19.4 Å². The minimum Gasteiger partial charge on any atom is -0.349 e. The molecule has 1 fully saturated rings. The zero-order valence-corrected chi connectivity index (χ0v) is 15.9. The number of hydrogen-bond acceptors (Lipinski definition) is 5. The number of fused-ring (bicyclic) bond motifs is 1. The molecule has 2 aromatic rings. The molecule has 5 nitrogen and oxygen atoms in total. The van der Waals surface area contributed by atoms with Crippen LogP contribution in [0.25, 0.3) is 0 Å². The van der Waals surface area contributed by atoms with E-state index in [0.717, 1.165) is 45.3 Å². The van der Waals surface area contributed by atoms with E-state index in [9.17, 15) is 4.79 Å². The Morgan fingerprint density at radius 2 is 2.00 bits per heavy atom. The van der Waals surface area contributed by atoms with E-state index in [0.29, 0.717) is 5.56 Å². The van der Waals surface area contributed by atoms with E-state index in [1.807, 2.05) is 11.3 Å². The van der Waals surface area contributed by atoms with Gasteiger partial charge in [-0.15, -0.1) is 11.3 Å². The van der Waals surface area contributed by atoms with E-state index in [2.05, 4.69) is 15.2 Å². The van der Waals surface area contributed by atoms with Crippen LogP contribution in [0, 0.1) is 0 Å². The van der Waals surface area contributed by atoms with Gasteiger partial charge in [0.1, 0.15) is 5.01 Å². The fraction of sp³-hybridized carbons (Fsp3) is 0.550. The molecular formula is C20H26N4OS. The molecule has 3 heterocycles. The quantitative estimate of drug-likeness (QED) is 0.898. The molecule has 0 saturated carbocycles. The Bertz CT molecular complexity index is 722. The summed E-state index contributed by atoms with van der Waals surface area (Å²) in [7, 11) is 0. The molecule has 4 rings (SSSR count). The van der Waals surface area contributed by atoms with Crippen LogP contribution in [0.5, 0.6) is 0 Å². The summed E-state index contributed by atoms with van der Waals surface area (Å²) in [5.41, 5.74) is 2.04. The molecule has 1 atom stereocenters. The molecule has 26 heavy (non-hydrogen) atoms. The van der Waals surface area contributed by atoms with Crippen molar-refractivity contribution in [2.75, 3.05) is 13.1 Å². The molecule has 0 unspecified atom stereocenters. The summed E-state index contributed by atoms with van der Waals surface area (Å²) in [6, 6.07) is 3.79. The summed E-state index contributed by atoms with van der Waals surface area (Å²) in [5.74, 6) is 0.0125. The number of nitrogens with one attached hydrogen (secondary N) is 1. The van der Waals surface area contributed by atoms with Gasteiger partial charge in [-0.25, -0.2) is 4.98 Å². The first-order chi connectivity index (χ1) is 12.8. The second-order valence-corrected chi connectivity index (χ2v) is 8.47. The summed E-state index contributed by atoms with van der Waals surface area (Å²) in [6.07, 6.45) is 11.5. The van der Waals surface area contributed by atoms with Gasteiger partial charge in [0.2, 0.25) is 0 Å². The molecule has 1 aliphatic heterocycles. The number of aromatic nitrogens is 2. The lowest BCUT2D eigenvalue weighted by molar-refractivity contribution is 0.0933. The van der Waals surface area contributed by atoms with E-state index >= 15 is 0 Å². The van der Waals surface area contributed by atoms with Gasteiger partial charge in [0.25, 0.3) is 5.91 Å². The Morgan fingerprint density at radius 3 is 2.85 bits per heavy atom. The number of carbonyl (C=O) groups excluding carboxylic acids is 1. The Morgan fingerprint density at radius 1 is 1.15 bits per heavy atom. The van der Waals surface area contributed by atoms with Gasteiger partial charge >= 0.3 is 0 Å². The van der Waals surface area contributed by atoms with Gasteiger partial charge in [-0.05, 0) is 63.6 Å². The largest absolute Gasteiger partial charge is 0.349 e. The average molecular weight is 371 g/mol. The van der Waals surface area contributed by atoms with Crippen LogP contribution in [0.3, 0.4) is 0 Å². The van der Waals surface area contributed by atoms with Gasteiger partial charge in [-0.3, -0.25) is 14.7 Å². The predicted octanol–water partition coefficient (Wildman–Crippen LogP) is 3.20. The standard InChI is InChI=1S/C20H26N4OS/c25-20(15-7-10-21-11-8-15)22-16-4-3-12-24(13-9-16)14-19-23-17-5-1-2-6-18(17)26-19/h7-8,10-11,16H,1-6,9,12-14H2,(H,22,25)/t16-/m1/s1. The second-order valence-electron chi connectivity index (χ2n) is 7.30. The van der Waals surface area contributed by atoms with Crippen molar-refractivity contribution >= 4 is 17.2 Å². The van der Waals surface area contributed by atoms with Crippen LogP contribution in [0.15, 0.2) is 24.5 Å². The third-order valence-electron chi connectivity index (χ3n) is 5.35. The fourth-order valence-corrected chi connectivity index (χ4v) is 5.09. The van der Waals surface area contributed by atoms with Gasteiger partial charge in [-0.1, -0.05) is 0 Å². The Labute approximate surface area is 158 Å². The number of amides is 1. The molecule has 1 saturated heterocycles. The summed E-state index contributed by atoms with van der Waals surface area (Å²) in [5, 5.41) is 4.47. The molecule has 0 spiro atoms. The lowest BCUT2D eigenvalue weighted by Crippen LogP contribution is -2.35. The van der Waals surface area contributed by atoms with Crippen molar-refractivity contribution in [3.63, 3.8) is 0 Å². The molecule has 138 valence electrons. The predicted molar refractivity (Wildman–Crippen MR) is 103 cm³/mol. The topological polar surface area (TPSA) is 58.1 Å². The number of pyridine rings is 1. The maximum atomic E-state index is 12.3. The second kappa shape index (κ2) is 8.27. The Balaban J connectivity index is 1.30. The minimum atomic E-state index is 0.0125. The SMILES string of the molecule is O=C(N[C@@H]1CCCN(Cc2nc3c(s2)CCCC3)CC1)c1ccncc1. The van der Waals surface area contributed by atoms with Crippen LogP contribution in [0.2, 0.25) is 0 Å². The summed E-state index contributed by atoms with van der Waals surface area (Å²) in [4.78, 5) is 25.2. The van der Waals surface area contributed by atoms with Crippen LogP contribution >= 0.6 is 11.3 Å². The first kappa shape index (κ1) is 17.6. The Kier molecular flexibility index (Phi) is 5.60. The maximum absolute atomic E-state index is 12.3. The summed E-state index contributed by atoms with van der Waals surface area (Å²) >= 11 is 1.92. The normalized spacial score (nSPS) is 21.0. The highest BCUT2D eigenvalue weighted by Crippen LogP contribution is 2.27. The number of rotatable bonds is 4. The van der Waals surface area contributed by atoms with Crippen molar-refractivity contribution in [3.8, 4) is 0 Å². The molecule has 6 heteroatoms. The van der Waals surface area contributed by atoms with Crippen LogP contribution in [-0.4, -0.2) is 39.9 Å². The van der Waals surface area contributed by atoms with Crippen LogP contribution in [0.1, 0.15) is 58.0 Å². The van der Waals surface area contributed by atoms with E-state index in [1.54, 1.807) is 24.5 Å². The molecule has 0 aromatic carbocycles. The smallest absolute Gasteiger partial charge is 0.251 e. The highest BCUT2D eigenvalue weighted by molar-refractivity contribution is 7.11. The molecule has 0 radical (unpaired) electrons. The molecular weight excluding hydrogens is 344 g/mol. The first-order valence-electron chi connectivity index (χ1n) is 9.68. The number of likely N-dealkylation sites (tertiary alicyclic amines) is 1. The van der Waals surface area contributed by atoms with Gasteiger partial charge in [0.05, 0.1) is 12.2 Å². The lowest BCUT2D eigenvalue weighted by atomic mass is 10.0. The molecule has 2 aliphatic rings. The number of hydrogen-bond donors (Lipinski definition) is 1. The summed E-state index contributed by atoms with van der Waals surface area (Å²) in [6.45, 7) is 3.07. The maximum Gasteiger partial charge on any atom is 0.251 e. The van der Waals surface area contributed by atoms with Crippen molar-refractivity contribution < 1.29 is 4.79 Å². The molecule has 1 aliphatic carbocycles. The first-order valence-corrected chi connectivity index (χ1v) is 10.5. The van der Waals surface area contributed by atoms with Crippen molar-refractivity contribution in [1.82, 2.24) is 20.2 Å². The van der Waals surface area contributed by atoms with Gasteiger partial charge in [0.15, 0.2) is 0 Å². The third-order valence-corrected chi connectivity index (χ3v) is 6.49. The fourth-order valence-electron chi connectivity index (χ4n) is 3.89. The van der Waals surface area contributed by atoms with E-state index in [1.165, 1.54) is 34.8 Å². The zero-order chi connectivity index (χ0) is 17.8. The zero-order valence-electron chi connectivity index (χ0n) is 15.1. The Hall–Kier alpha value is -1.79. The highest BCUT2D eigenvalue weighted by atomic mass is 32.1.